The number of halogens is 1. The van der Waals surface area contributed by atoms with Crippen molar-refractivity contribution in [3.05, 3.63) is 22.7 Å². The lowest BCUT2D eigenvalue weighted by atomic mass is 9.97. The second kappa shape index (κ2) is 8.15. The summed E-state index contributed by atoms with van der Waals surface area (Å²) in [7, 11) is 0. The van der Waals surface area contributed by atoms with E-state index in [9.17, 15) is 4.79 Å². The smallest absolute Gasteiger partial charge is 0.164 e. The molecule has 112 valence electrons. The molecule has 1 aromatic carbocycles. The number of benzene rings is 1. The van der Waals surface area contributed by atoms with Crippen molar-refractivity contribution in [2.75, 3.05) is 13.2 Å². The fraction of sp³-hybridized carbons (Fsp3) is 0.562. The average Bonchev–Trinajstić information content (AvgIpc) is 2.41. The Bertz CT molecular complexity index is 457. The van der Waals surface area contributed by atoms with Crippen molar-refractivity contribution in [3.63, 3.8) is 0 Å². The van der Waals surface area contributed by atoms with Gasteiger partial charge in [-0.25, -0.2) is 0 Å². The molecule has 3 nitrogen and oxygen atoms in total. The molecule has 0 heterocycles. The minimum Gasteiger partial charge on any atom is -0.490 e. The van der Waals surface area contributed by atoms with Crippen LogP contribution in [0.25, 0.3) is 0 Å². The summed E-state index contributed by atoms with van der Waals surface area (Å²) in [6.45, 7) is 8.96. The molecule has 0 radical (unpaired) electrons. The van der Waals surface area contributed by atoms with E-state index in [2.05, 4.69) is 13.8 Å². The Morgan fingerprint density at radius 3 is 2.20 bits per heavy atom. The molecule has 1 unspecified atom stereocenters. The quantitative estimate of drug-likeness (QED) is 0.649. The van der Waals surface area contributed by atoms with Crippen LogP contribution in [-0.4, -0.2) is 19.0 Å². The highest BCUT2D eigenvalue weighted by molar-refractivity contribution is 6.34. The predicted octanol–water partition coefficient (Wildman–Crippen LogP) is 4.76. The Morgan fingerprint density at radius 2 is 1.70 bits per heavy atom. The van der Waals surface area contributed by atoms with Gasteiger partial charge < -0.3 is 9.47 Å². The van der Waals surface area contributed by atoms with E-state index in [0.717, 1.165) is 6.42 Å². The maximum Gasteiger partial charge on any atom is 0.164 e. The second-order valence-corrected chi connectivity index (χ2v) is 5.19. The number of carbonyl (C=O) groups excluding carboxylic acids is 1. The Labute approximate surface area is 126 Å². The van der Waals surface area contributed by atoms with Gasteiger partial charge in [-0.1, -0.05) is 31.9 Å². The molecule has 0 N–H and O–H groups in total. The number of hydrogen-bond acceptors (Lipinski definition) is 3. The third-order valence-corrected chi connectivity index (χ3v) is 3.48. The zero-order chi connectivity index (χ0) is 15.1. The maximum absolute atomic E-state index is 12.3. The molecule has 0 saturated heterocycles. The summed E-state index contributed by atoms with van der Waals surface area (Å²) in [5.41, 5.74) is 0.513. The van der Waals surface area contributed by atoms with E-state index in [4.69, 9.17) is 21.1 Å². The monoisotopic (exact) mass is 298 g/mol. The van der Waals surface area contributed by atoms with Crippen LogP contribution in [0, 0.1) is 5.92 Å². The molecule has 0 aliphatic heterocycles. The average molecular weight is 299 g/mol. The molecule has 0 aromatic heterocycles. The van der Waals surface area contributed by atoms with E-state index in [1.54, 1.807) is 12.1 Å². The fourth-order valence-corrected chi connectivity index (χ4v) is 2.12. The second-order valence-electron chi connectivity index (χ2n) is 4.79. The molecule has 4 heteroatoms. The van der Waals surface area contributed by atoms with Gasteiger partial charge in [-0.2, -0.15) is 0 Å². The third kappa shape index (κ3) is 4.41. The lowest BCUT2D eigenvalue weighted by Crippen LogP contribution is -2.07. The first kappa shape index (κ1) is 16.8. The van der Waals surface area contributed by atoms with Gasteiger partial charge in [0.2, 0.25) is 0 Å². The van der Waals surface area contributed by atoms with Crippen molar-refractivity contribution < 1.29 is 14.3 Å². The summed E-state index contributed by atoms with van der Waals surface area (Å²) < 4.78 is 11.0. The largest absolute Gasteiger partial charge is 0.490 e. The van der Waals surface area contributed by atoms with Gasteiger partial charge in [0.05, 0.1) is 18.2 Å². The van der Waals surface area contributed by atoms with Crippen LogP contribution in [0.5, 0.6) is 11.5 Å². The van der Waals surface area contributed by atoms with Gasteiger partial charge in [0, 0.05) is 18.1 Å². The number of carbonyl (C=O) groups is 1. The molecule has 1 aromatic rings. The number of ketones is 1. The minimum absolute atomic E-state index is 0.0494. The zero-order valence-electron chi connectivity index (χ0n) is 12.7. The fourth-order valence-electron chi connectivity index (χ4n) is 1.86. The van der Waals surface area contributed by atoms with Gasteiger partial charge in [0.25, 0.3) is 0 Å². The zero-order valence-corrected chi connectivity index (χ0v) is 13.4. The summed E-state index contributed by atoms with van der Waals surface area (Å²) in [5, 5.41) is 0.421. The number of rotatable bonds is 8. The minimum atomic E-state index is 0.0494. The number of ether oxygens (including phenoxy) is 2. The summed E-state index contributed by atoms with van der Waals surface area (Å²) >= 11 is 6.20. The van der Waals surface area contributed by atoms with Crippen LogP contribution in [0.2, 0.25) is 5.02 Å². The SMILES string of the molecule is CCOc1cc(Cl)c(C(=O)CC(C)CC)cc1OCC. The highest BCUT2D eigenvalue weighted by Gasteiger charge is 2.17. The van der Waals surface area contributed by atoms with E-state index in [1.165, 1.54) is 0 Å². The van der Waals surface area contributed by atoms with Crippen LogP contribution in [0.15, 0.2) is 12.1 Å². The number of hydrogen-bond donors (Lipinski definition) is 0. The molecule has 0 saturated carbocycles. The summed E-state index contributed by atoms with van der Waals surface area (Å²) in [4.78, 5) is 12.3. The van der Waals surface area contributed by atoms with E-state index in [-0.39, 0.29) is 5.78 Å². The molecule has 0 spiro atoms. The first-order chi connectivity index (χ1) is 9.53. The van der Waals surface area contributed by atoms with Gasteiger partial charge in [0.1, 0.15) is 0 Å². The highest BCUT2D eigenvalue weighted by Crippen LogP contribution is 2.34. The van der Waals surface area contributed by atoms with Gasteiger partial charge in [-0.15, -0.1) is 0 Å². The first-order valence-electron chi connectivity index (χ1n) is 7.15. The Morgan fingerprint density at radius 1 is 1.15 bits per heavy atom. The topological polar surface area (TPSA) is 35.5 Å². The Balaban J connectivity index is 3.07. The molecular formula is C16H23ClO3. The van der Waals surface area contributed by atoms with Crippen molar-refractivity contribution in [2.45, 2.75) is 40.5 Å². The Hall–Kier alpha value is -1.22. The van der Waals surface area contributed by atoms with Crippen molar-refractivity contribution in [2.24, 2.45) is 5.92 Å². The highest BCUT2D eigenvalue weighted by atomic mass is 35.5. The summed E-state index contributed by atoms with van der Waals surface area (Å²) in [6, 6.07) is 3.36. The molecule has 20 heavy (non-hydrogen) atoms. The Kier molecular flexibility index (Phi) is 6.86. The van der Waals surface area contributed by atoms with E-state index < -0.39 is 0 Å². The first-order valence-corrected chi connectivity index (χ1v) is 7.53. The standard InChI is InChI=1S/C16H23ClO3/c1-5-11(4)8-14(18)12-9-15(19-6-2)16(20-7-3)10-13(12)17/h9-11H,5-8H2,1-4H3. The molecule has 0 fully saturated rings. The van der Waals surface area contributed by atoms with Crippen LogP contribution < -0.4 is 9.47 Å². The lowest BCUT2D eigenvalue weighted by molar-refractivity contribution is 0.0963. The van der Waals surface area contributed by atoms with Gasteiger partial charge >= 0.3 is 0 Å². The molecular weight excluding hydrogens is 276 g/mol. The van der Waals surface area contributed by atoms with E-state index in [1.807, 2.05) is 13.8 Å². The van der Waals surface area contributed by atoms with Crippen molar-refractivity contribution in [1.82, 2.24) is 0 Å². The van der Waals surface area contributed by atoms with Crippen molar-refractivity contribution >= 4 is 17.4 Å². The molecule has 0 amide bonds. The normalized spacial score (nSPS) is 12.1. The van der Waals surface area contributed by atoms with Crippen molar-refractivity contribution in [1.29, 1.82) is 0 Å². The van der Waals surface area contributed by atoms with Gasteiger partial charge in [-0.05, 0) is 25.8 Å². The summed E-state index contributed by atoms with van der Waals surface area (Å²) in [5.74, 6) is 1.56. The van der Waals surface area contributed by atoms with Gasteiger partial charge in [0.15, 0.2) is 17.3 Å². The van der Waals surface area contributed by atoms with E-state index >= 15 is 0 Å². The molecule has 0 bridgehead atoms. The van der Waals surface area contributed by atoms with Crippen LogP contribution in [-0.2, 0) is 0 Å². The van der Waals surface area contributed by atoms with E-state index in [0.29, 0.717) is 47.6 Å². The van der Waals surface area contributed by atoms with Crippen LogP contribution in [0.1, 0.15) is 50.9 Å². The van der Waals surface area contributed by atoms with Crippen molar-refractivity contribution in [3.8, 4) is 11.5 Å². The third-order valence-electron chi connectivity index (χ3n) is 3.16. The maximum atomic E-state index is 12.3. The van der Waals surface area contributed by atoms with Crippen LogP contribution >= 0.6 is 11.6 Å². The van der Waals surface area contributed by atoms with Crippen LogP contribution in [0.3, 0.4) is 0 Å². The predicted molar refractivity (Wildman–Crippen MR) is 82.2 cm³/mol. The summed E-state index contributed by atoms with van der Waals surface area (Å²) in [6.07, 6.45) is 1.47. The molecule has 1 rings (SSSR count). The molecule has 1 atom stereocenters. The number of Topliss-reactive ketones (excluding diaryl/α,β-unsaturated/α-hetero) is 1. The van der Waals surface area contributed by atoms with Gasteiger partial charge in [-0.3, -0.25) is 4.79 Å². The molecule has 0 aliphatic carbocycles. The molecule has 0 aliphatic rings. The lowest BCUT2D eigenvalue weighted by Gasteiger charge is -2.14. The van der Waals surface area contributed by atoms with Crippen LogP contribution in [0.4, 0.5) is 0 Å².